The number of aliphatic carboxylic acids is 4. The van der Waals surface area contributed by atoms with Crippen molar-refractivity contribution in [2.75, 3.05) is 23.0 Å². The Morgan fingerprint density at radius 1 is 0.595 bits per heavy atom. The van der Waals surface area contributed by atoms with E-state index in [1.165, 1.54) is 25.7 Å². The van der Waals surface area contributed by atoms with E-state index >= 15 is 0 Å². The van der Waals surface area contributed by atoms with Crippen LogP contribution in [-0.4, -0.2) is 68.0 Å². The number of unbranched alkanes of at least 4 members (excludes halogenated alkanes) is 2. The molecule has 0 saturated heterocycles. The van der Waals surface area contributed by atoms with E-state index < -0.39 is 47.5 Å². The summed E-state index contributed by atoms with van der Waals surface area (Å²) in [4.78, 5) is 42.6. The zero-order chi connectivity index (χ0) is 29.3. The summed E-state index contributed by atoms with van der Waals surface area (Å²) in [5.41, 5.74) is -2.77. The van der Waals surface area contributed by atoms with Crippen molar-refractivity contribution in [3.8, 4) is 0 Å². The summed E-state index contributed by atoms with van der Waals surface area (Å²) in [7, 11) is 0. The van der Waals surface area contributed by atoms with Gasteiger partial charge in [0.05, 0.1) is 0 Å². The van der Waals surface area contributed by atoms with Crippen molar-refractivity contribution < 1.29 is 39.6 Å². The largest absolute Gasteiger partial charge is 0.550 e. The molecule has 0 aliphatic rings. The summed E-state index contributed by atoms with van der Waals surface area (Å²) < 4.78 is 3.33. The Labute approximate surface area is 254 Å². The van der Waals surface area contributed by atoms with Gasteiger partial charge < -0.3 is 39.6 Å². The number of rotatable bonds is 20. The van der Waals surface area contributed by atoms with Gasteiger partial charge in [-0.25, -0.2) is 0 Å². The fraction of sp³-hybridized carbons (Fsp3) is 0.833. The zero-order valence-corrected chi connectivity index (χ0v) is 29.7. The third-order valence-electron chi connectivity index (χ3n) is 5.90. The summed E-state index contributed by atoms with van der Waals surface area (Å²) in [6.45, 7) is 4.59. The summed E-state index contributed by atoms with van der Waals surface area (Å²) >= 11 is 15.4. The van der Waals surface area contributed by atoms with E-state index in [-0.39, 0.29) is 69.8 Å². The molecule has 37 heavy (non-hydrogen) atoms. The summed E-state index contributed by atoms with van der Waals surface area (Å²) in [6, 6.07) is 0. The van der Waals surface area contributed by atoms with Gasteiger partial charge in [-0.1, -0.05) is 0 Å². The molecule has 0 bridgehead atoms. The van der Waals surface area contributed by atoms with Crippen molar-refractivity contribution in [1.82, 2.24) is 0 Å². The molecule has 0 N–H and O–H groups in total. The minimum atomic E-state index is -1.39. The molecular formula is C24H44O8S4Sn. The van der Waals surface area contributed by atoms with Crippen molar-refractivity contribution in [3.05, 3.63) is 0 Å². The van der Waals surface area contributed by atoms with E-state index in [1.54, 1.807) is 8.87 Å². The van der Waals surface area contributed by atoms with Crippen LogP contribution in [0.25, 0.3) is 0 Å². The van der Waals surface area contributed by atoms with Gasteiger partial charge in [-0.05, 0) is 61.5 Å². The SMILES string of the molecule is CCC[CH2][SnH2+4][CH2]CCC.O=C([O-])CC(CCS)(CCS)C(=O)[O-].O=C([O-])CC(CCS)(CCS)C(=O)[O-]. The van der Waals surface area contributed by atoms with Crippen LogP contribution in [0.15, 0.2) is 0 Å². The van der Waals surface area contributed by atoms with Crippen LogP contribution in [0.4, 0.5) is 0 Å². The molecule has 0 fully saturated rings. The Morgan fingerprint density at radius 3 is 1.03 bits per heavy atom. The Balaban J connectivity index is -0.000000481. The van der Waals surface area contributed by atoms with Crippen molar-refractivity contribution in [1.29, 1.82) is 0 Å². The van der Waals surface area contributed by atoms with Crippen LogP contribution in [-0.2, 0) is 19.2 Å². The average molecular weight is 708 g/mol. The minimum absolute atomic E-state index is 0.146. The van der Waals surface area contributed by atoms with E-state index in [0.717, 1.165) is 0 Å². The molecule has 0 heterocycles. The van der Waals surface area contributed by atoms with E-state index in [4.69, 9.17) is 0 Å². The molecule has 0 amide bonds. The van der Waals surface area contributed by atoms with Gasteiger partial charge in [-0.3, -0.25) is 0 Å². The molecule has 0 aliphatic carbocycles. The molecule has 0 aromatic heterocycles. The topological polar surface area (TPSA) is 161 Å². The van der Waals surface area contributed by atoms with Crippen molar-refractivity contribution in [2.24, 2.45) is 10.8 Å². The number of carbonyl (C=O) groups is 4. The van der Waals surface area contributed by atoms with Crippen LogP contribution in [0.1, 0.15) is 78.1 Å². The van der Waals surface area contributed by atoms with Gasteiger partial charge >= 0.3 is 69.5 Å². The summed E-state index contributed by atoms with van der Waals surface area (Å²) in [5.74, 6) is -4.38. The summed E-state index contributed by atoms with van der Waals surface area (Å²) in [6.07, 6.45) is 5.39. The number of carbonyl (C=O) groups excluding carboxylic acids is 4. The van der Waals surface area contributed by atoms with Crippen LogP contribution in [0.3, 0.4) is 0 Å². The molecule has 0 aromatic carbocycles. The maximum atomic E-state index is 10.9. The fourth-order valence-corrected chi connectivity index (χ4v) is 11.2. The maximum absolute atomic E-state index is 10.9. The third-order valence-corrected chi connectivity index (χ3v) is 12.5. The van der Waals surface area contributed by atoms with Gasteiger partial charge in [0.25, 0.3) is 0 Å². The quantitative estimate of drug-likeness (QED) is 0.0756. The zero-order valence-electron chi connectivity index (χ0n) is 22.1. The standard InChI is InChI=1S/2C8H14O4S2.2C4H9.Sn.2H/c2*9-6(10)5-8(1-3-13,2-4-14)7(11)12;2*1-3-4-2;;;/h2*13-14H,1-5H2,(H,9,10)(H,11,12);2*1,3-4H2,2H3;;;/q;;;;+4;;/p-4. The van der Waals surface area contributed by atoms with Crippen LogP contribution >= 0.6 is 50.5 Å². The number of hydrogen-bond donors (Lipinski definition) is 4. The van der Waals surface area contributed by atoms with Crippen LogP contribution in [0, 0.1) is 10.8 Å². The van der Waals surface area contributed by atoms with Gasteiger partial charge in [0, 0.05) is 34.7 Å². The molecule has 4 radical (unpaired) electrons. The van der Waals surface area contributed by atoms with Crippen LogP contribution < -0.4 is 20.4 Å². The van der Waals surface area contributed by atoms with Gasteiger partial charge in [-0.15, -0.1) is 0 Å². The first-order chi connectivity index (χ1) is 17.4. The predicted molar refractivity (Wildman–Crippen MR) is 156 cm³/mol. The molecule has 8 nitrogen and oxygen atoms in total. The van der Waals surface area contributed by atoms with Crippen molar-refractivity contribution >= 4 is 95.5 Å². The van der Waals surface area contributed by atoms with Crippen molar-refractivity contribution in [3.63, 3.8) is 0 Å². The molecule has 0 saturated carbocycles. The molecule has 0 rings (SSSR count). The molecule has 0 atom stereocenters. The molecular weight excluding hydrogens is 663 g/mol. The fourth-order valence-electron chi connectivity index (χ4n) is 3.60. The molecule has 0 unspecified atom stereocenters. The number of carboxylic acid groups (broad SMARTS) is 4. The molecule has 0 aromatic rings. The normalized spacial score (nSPS) is 11.0. The third kappa shape index (κ3) is 21.6. The summed E-state index contributed by atoms with van der Waals surface area (Å²) in [5, 5.41) is 42.6. The second-order valence-corrected chi connectivity index (χ2v) is 16.7. The molecule has 216 valence electrons. The van der Waals surface area contributed by atoms with Gasteiger partial charge in [-0.2, -0.15) is 50.5 Å². The minimum Gasteiger partial charge on any atom is -0.550 e. The van der Waals surface area contributed by atoms with E-state index in [9.17, 15) is 39.6 Å². The number of hydrogen-bond acceptors (Lipinski definition) is 12. The molecule has 0 aliphatic heterocycles. The second kappa shape index (κ2) is 26.3. The second-order valence-electron chi connectivity index (χ2n) is 8.90. The molecule has 0 spiro atoms. The van der Waals surface area contributed by atoms with Gasteiger partial charge in [0.2, 0.25) is 0 Å². The predicted octanol–water partition coefficient (Wildman–Crippen LogP) is -0.403. The maximum Gasteiger partial charge on any atom is 0.0480 e. The first kappa shape index (κ1) is 41.6. The number of carboxylic acids is 4. The smallest absolute Gasteiger partial charge is 0.0480 e. The van der Waals surface area contributed by atoms with E-state index in [0.29, 0.717) is 0 Å². The van der Waals surface area contributed by atoms with Crippen LogP contribution in [0.5, 0.6) is 0 Å². The number of thiol groups is 4. The van der Waals surface area contributed by atoms with E-state index in [1.807, 2.05) is 0 Å². The monoisotopic (exact) mass is 708 g/mol. The van der Waals surface area contributed by atoms with Gasteiger partial charge in [0.1, 0.15) is 0 Å². The van der Waals surface area contributed by atoms with Gasteiger partial charge in [0.15, 0.2) is 0 Å². The van der Waals surface area contributed by atoms with Crippen LogP contribution in [0.2, 0.25) is 8.87 Å². The first-order valence-electron chi connectivity index (χ1n) is 12.6. The first-order valence-corrected chi connectivity index (χ1v) is 20.9. The van der Waals surface area contributed by atoms with Crippen molar-refractivity contribution in [2.45, 2.75) is 86.9 Å². The Morgan fingerprint density at radius 2 is 0.865 bits per heavy atom. The van der Waals surface area contributed by atoms with E-state index in [2.05, 4.69) is 64.4 Å². The molecule has 13 heteroatoms. The Kier molecular flexibility index (Phi) is 29.6. The average Bonchev–Trinajstić information content (AvgIpc) is 2.79. The Bertz CT molecular complexity index is 574. The Hall–Kier alpha value is 0.0787.